The molecule has 0 radical (unpaired) electrons. The van der Waals surface area contributed by atoms with Crippen molar-refractivity contribution in [3.05, 3.63) is 34.9 Å². The van der Waals surface area contributed by atoms with Crippen LogP contribution in [0.15, 0.2) is 34.9 Å². The maximum Gasteiger partial charge on any atom is 0.134 e. The summed E-state index contributed by atoms with van der Waals surface area (Å²) in [6, 6.07) is 8.76. The Labute approximate surface area is 126 Å². The van der Waals surface area contributed by atoms with Crippen LogP contribution in [-0.2, 0) is 0 Å². The molecule has 4 heteroatoms. The number of hydrogen-bond acceptors (Lipinski definition) is 2. The maximum atomic E-state index is 6.15. The molecule has 19 heavy (non-hydrogen) atoms. The molecule has 2 aromatic rings. The first-order valence-corrected chi connectivity index (χ1v) is 7.91. The molecule has 1 heterocycles. The average Bonchev–Trinajstić information content (AvgIpc) is 2.43. The molecule has 1 aromatic heterocycles. The number of alkyl halides is 1. The van der Waals surface area contributed by atoms with Gasteiger partial charge in [0.25, 0.3) is 0 Å². The third kappa shape index (κ3) is 2.87. The first kappa shape index (κ1) is 13.2. The molecule has 0 saturated heterocycles. The van der Waals surface area contributed by atoms with E-state index in [-0.39, 0.29) is 0 Å². The Hall–Kier alpha value is -0.800. The van der Waals surface area contributed by atoms with E-state index in [2.05, 4.69) is 44.4 Å². The summed E-state index contributed by atoms with van der Waals surface area (Å²) < 4.78 is 1.11. The van der Waals surface area contributed by atoms with Crippen LogP contribution < -0.4 is 5.32 Å². The molecule has 1 fully saturated rings. The number of hydrogen-bond donors (Lipinski definition) is 1. The smallest absolute Gasteiger partial charge is 0.134 e. The Morgan fingerprint density at radius 3 is 2.68 bits per heavy atom. The zero-order chi connectivity index (χ0) is 13.2. The predicted molar refractivity (Wildman–Crippen MR) is 85.0 cm³/mol. The standard InChI is InChI=1S/C15H16BrClN2/c16-14-3-1-2-13-12(14)8-9-18-15(13)19-11-6-4-10(17)5-7-11/h1-3,8-11H,4-7H2,(H,18,19). The summed E-state index contributed by atoms with van der Waals surface area (Å²) in [5, 5.41) is 6.31. The number of rotatable bonds is 2. The van der Waals surface area contributed by atoms with Gasteiger partial charge in [-0.15, -0.1) is 11.6 Å². The predicted octanol–water partition coefficient (Wildman–Crippen LogP) is 4.96. The van der Waals surface area contributed by atoms with Crippen LogP contribution in [0.5, 0.6) is 0 Å². The van der Waals surface area contributed by atoms with Gasteiger partial charge in [0.15, 0.2) is 0 Å². The molecular weight excluding hydrogens is 324 g/mol. The van der Waals surface area contributed by atoms with Gasteiger partial charge in [0.05, 0.1) is 0 Å². The minimum atomic E-state index is 0.354. The Kier molecular flexibility index (Phi) is 3.94. The van der Waals surface area contributed by atoms with Gasteiger partial charge in [-0.2, -0.15) is 0 Å². The van der Waals surface area contributed by atoms with E-state index in [9.17, 15) is 0 Å². The molecule has 1 aliphatic carbocycles. The van der Waals surface area contributed by atoms with Crippen molar-refractivity contribution < 1.29 is 0 Å². The molecule has 1 aliphatic rings. The van der Waals surface area contributed by atoms with Gasteiger partial charge in [0.1, 0.15) is 5.82 Å². The second-order valence-electron chi connectivity index (χ2n) is 5.09. The highest BCUT2D eigenvalue weighted by molar-refractivity contribution is 9.10. The highest BCUT2D eigenvalue weighted by Crippen LogP contribution is 2.30. The molecule has 1 aromatic carbocycles. The fourth-order valence-electron chi connectivity index (χ4n) is 2.67. The summed E-state index contributed by atoms with van der Waals surface area (Å²) >= 11 is 9.74. The number of benzene rings is 1. The van der Waals surface area contributed by atoms with Crippen molar-refractivity contribution in [2.45, 2.75) is 37.1 Å². The number of nitrogens with one attached hydrogen (secondary N) is 1. The normalized spacial score (nSPS) is 23.5. The van der Waals surface area contributed by atoms with Crippen LogP contribution in [0.4, 0.5) is 5.82 Å². The SMILES string of the molecule is ClC1CCC(Nc2nccc3c(Br)cccc23)CC1. The van der Waals surface area contributed by atoms with E-state index < -0.39 is 0 Å². The number of nitrogens with zero attached hydrogens (tertiary/aromatic N) is 1. The van der Waals surface area contributed by atoms with Crippen molar-refractivity contribution in [2.75, 3.05) is 5.32 Å². The Morgan fingerprint density at radius 2 is 1.89 bits per heavy atom. The number of fused-ring (bicyclic) bond motifs is 1. The van der Waals surface area contributed by atoms with E-state index in [0.29, 0.717) is 11.4 Å². The average molecular weight is 340 g/mol. The van der Waals surface area contributed by atoms with Crippen LogP contribution in [0.1, 0.15) is 25.7 Å². The minimum Gasteiger partial charge on any atom is -0.367 e. The molecule has 0 spiro atoms. The molecule has 100 valence electrons. The van der Waals surface area contributed by atoms with E-state index in [4.69, 9.17) is 11.6 Å². The molecule has 2 nitrogen and oxygen atoms in total. The molecule has 0 unspecified atom stereocenters. The van der Waals surface area contributed by atoms with Crippen molar-refractivity contribution in [1.82, 2.24) is 4.98 Å². The lowest BCUT2D eigenvalue weighted by molar-refractivity contribution is 0.468. The van der Waals surface area contributed by atoms with Crippen molar-refractivity contribution in [3.63, 3.8) is 0 Å². The maximum absolute atomic E-state index is 6.15. The lowest BCUT2D eigenvalue weighted by atomic mass is 9.95. The second-order valence-corrected chi connectivity index (χ2v) is 6.56. The van der Waals surface area contributed by atoms with Crippen molar-refractivity contribution in [1.29, 1.82) is 0 Å². The van der Waals surface area contributed by atoms with E-state index in [0.717, 1.165) is 36.0 Å². The summed E-state index contributed by atoms with van der Waals surface area (Å²) in [6.07, 6.45) is 6.30. The number of anilines is 1. The third-order valence-electron chi connectivity index (χ3n) is 3.75. The largest absolute Gasteiger partial charge is 0.367 e. The van der Waals surface area contributed by atoms with Gasteiger partial charge in [-0.05, 0) is 37.8 Å². The number of aromatic nitrogens is 1. The van der Waals surface area contributed by atoms with E-state index in [1.807, 2.05) is 12.3 Å². The van der Waals surface area contributed by atoms with Crippen LogP contribution >= 0.6 is 27.5 Å². The molecule has 1 N–H and O–H groups in total. The Bertz CT molecular complexity index is 579. The third-order valence-corrected chi connectivity index (χ3v) is 4.88. The van der Waals surface area contributed by atoms with Crippen LogP contribution in [0, 0.1) is 0 Å². The first-order valence-electron chi connectivity index (χ1n) is 6.68. The Morgan fingerprint density at radius 1 is 1.11 bits per heavy atom. The topological polar surface area (TPSA) is 24.9 Å². The zero-order valence-electron chi connectivity index (χ0n) is 10.6. The fraction of sp³-hybridized carbons (Fsp3) is 0.400. The van der Waals surface area contributed by atoms with Crippen molar-refractivity contribution >= 4 is 44.1 Å². The van der Waals surface area contributed by atoms with Gasteiger partial charge in [-0.25, -0.2) is 4.98 Å². The quantitative estimate of drug-likeness (QED) is 0.782. The van der Waals surface area contributed by atoms with Crippen LogP contribution in [-0.4, -0.2) is 16.4 Å². The molecule has 0 amide bonds. The summed E-state index contributed by atoms with van der Waals surface area (Å²) in [5.74, 6) is 0.983. The molecule has 1 saturated carbocycles. The van der Waals surface area contributed by atoms with Gasteiger partial charge in [0.2, 0.25) is 0 Å². The summed E-state index contributed by atoms with van der Waals surface area (Å²) in [5.41, 5.74) is 0. The van der Waals surface area contributed by atoms with Gasteiger partial charge in [-0.1, -0.05) is 28.1 Å². The van der Waals surface area contributed by atoms with Crippen LogP contribution in [0.3, 0.4) is 0 Å². The highest BCUT2D eigenvalue weighted by Gasteiger charge is 2.20. The summed E-state index contributed by atoms with van der Waals surface area (Å²) in [4.78, 5) is 4.50. The molecule has 0 bridgehead atoms. The van der Waals surface area contributed by atoms with Crippen LogP contribution in [0.25, 0.3) is 10.8 Å². The minimum absolute atomic E-state index is 0.354. The van der Waals surface area contributed by atoms with Gasteiger partial charge < -0.3 is 5.32 Å². The number of halogens is 2. The molecule has 3 rings (SSSR count). The lowest BCUT2D eigenvalue weighted by Gasteiger charge is -2.26. The van der Waals surface area contributed by atoms with Crippen molar-refractivity contribution in [2.24, 2.45) is 0 Å². The summed E-state index contributed by atoms with van der Waals surface area (Å²) in [7, 11) is 0. The Balaban J connectivity index is 1.87. The van der Waals surface area contributed by atoms with Gasteiger partial charge in [-0.3, -0.25) is 0 Å². The molecular formula is C15H16BrClN2. The van der Waals surface area contributed by atoms with Gasteiger partial charge in [0, 0.05) is 32.9 Å². The molecule has 0 atom stereocenters. The van der Waals surface area contributed by atoms with E-state index in [1.165, 1.54) is 10.8 Å². The fourth-order valence-corrected chi connectivity index (χ4v) is 3.42. The highest BCUT2D eigenvalue weighted by atomic mass is 79.9. The van der Waals surface area contributed by atoms with E-state index >= 15 is 0 Å². The van der Waals surface area contributed by atoms with Crippen molar-refractivity contribution in [3.8, 4) is 0 Å². The van der Waals surface area contributed by atoms with Gasteiger partial charge >= 0.3 is 0 Å². The first-order chi connectivity index (χ1) is 9.24. The lowest BCUT2D eigenvalue weighted by Crippen LogP contribution is -2.26. The monoisotopic (exact) mass is 338 g/mol. The van der Waals surface area contributed by atoms with E-state index in [1.54, 1.807) is 0 Å². The zero-order valence-corrected chi connectivity index (χ0v) is 12.9. The molecule has 0 aliphatic heterocycles. The summed E-state index contributed by atoms with van der Waals surface area (Å²) in [6.45, 7) is 0. The number of pyridine rings is 1. The van der Waals surface area contributed by atoms with Crippen LogP contribution in [0.2, 0.25) is 0 Å². The second kappa shape index (κ2) is 5.68.